The van der Waals surface area contributed by atoms with Crippen LogP contribution in [0.2, 0.25) is 0 Å². The Morgan fingerprint density at radius 3 is 2.27 bits per heavy atom. The average molecular weight is 173 g/mol. The molecule has 11 heavy (non-hydrogen) atoms. The first-order chi connectivity index (χ1) is 5.18. The van der Waals surface area contributed by atoms with Gasteiger partial charge in [0.1, 0.15) is 0 Å². The molecule has 0 aromatic heterocycles. The van der Waals surface area contributed by atoms with E-state index in [-0.39, 0.29) is 0 Å². The summed E-state index contributed by atoms with van der Waals surface area (Å²) >= 11 is 2.01. The molecule has 0 N–H and O–H groups in total. The Balaban J connectivity index is 2.17. The van der Waals surface area contributed by atoms with Gasteiger partial charge < -0.3 is 0 Å². The summed E-state index contributed by atoms with van der Waals surface area (Å²) in [5, 5.41) is 0.753. The van der Waals surface area contributed by atoms with E-state index in [0.29, 0.717) is 0 Å². The van der Waals surface area contributed by atoms with Gasteiger partial charge in [-0.05, 0) is 18.8 Å². The third-order valence-corrected chi connectivity index (χ3v) is 3.19. The van der Waals surface area contributed by atoms with Crippen molar-refractivity contribution in [2.75, 3.05) is 13.1 Å². The predicted octanol–water partition coefficient (Wildman–Crippen LogP) is 2.77. The lowest BCUT2D eigenvalue weighted by Crippen LogP contribution is -2.28. The van der Waals surface area contributed by atoms with Crippen LogP contribution < -0.4 is 0 Å². The number of piperidine rings is 1. The lowest BCUT2D eigenvalue weighted by molar-refractivity contribution is 0.307. The highest BCUT2D eigenvalue weighted by Crippen LogP contribution is 2.24. The van der Waals surface area contributed by atoms with E-state index in [0.717, 1.165) is 11.2 Å². The van der Waals surface area contributed by atoms with Crippen molar-refractivity contribution >= 4 is 11.9 Å². The van der Waals surface area contributed by atoms with Crippen molar-refractivity contribution in [3.8, 4) is 0 Å². The van der Waals surface area contributed by atoms with Gasteiger partial charge in [-0.25, -0.2) is 0 Å². The Bertz CT molecular complexity index is 106. The van der Waals surface area contributed by atoms with Crippen LogP contribution in [0.1, 0.15) is 33.6 Å². The zero-order chi connectivity index (χ0) is 8.27. The number of rotatable bonds is 2. The van der Waals surface area contributed by atoms with Crippen molar-refractivity contribution in [3.05, 3.63) is 0 Å². The average Bonchev–Trinajstić information content (AvgIpc) is 1.93. The molecule has 1 saturated heterocycles. The third kappa shape index (κ3) is 3.48. The summed E-state index contributed by atoms with van der Waals surface area (Å²) < 4.78 is 2.52. The third-order valence-electron chi connectivity index (χ3n) is 2.10. The van der Waals surface area contributed by atoms with Gasteiger partial charge in [0.05, 0.1) is 0 Å². The summed E-state index contributed by atoms with van der Waals surface area (Å²) in [5.74, 6) is 0.957. The van der Waals surface area contributed by atoms with Crippen LogP contribution in [-0.4, -0.2) is 22.6 Å². The van der Waals surface area contributed by atoms with Gasteiger partial charge in [-0.15, -0.1) is 0 Å². The first-order valence-electron chi connectivity index (χ1n) is 4.60. The minimum Gasteiger partial charge on any atom is -0.250 e. The quantitative estimate of drug-likeness (QED) is 0.591. The Hall–Kier alpha value is 0.310. The maximum absolute atomic E-state index is 2.52. The van der Waals surface area contributed by atoms with Gasteiger partial charge in [-0.3, -0.25) is 4.31 Å². The first-order valence-corrected chi connectivity index (χ1v) is 5.44. The van der Waals surface area contributed by atoms with Gasteiger partial charge in [0.25, 0.3) is 0 Å². The van der Waals surface area contributed by atoms with Gasteiger partial charge in [-0.1, -0.05) is 32.7 Å². The normalized spacial score (nSPS) is 22.9. The molecular formula is C9H19NS. The minimum atomic E-state index is 0.753. The molecule has 2 heteroatoms. The largest absolute Gasteiger partial charge is 0.250 e. The van der Waals surface area contributed by atoms with Gasteiger partial charge >= 0.3 is 0 Å². The molecule has 0 atom stereocenters. The minimum absolute atomic E-state index is 0.753. The van der Waals surface area contributed by atoms with Crippen molar-refractivity contribution in [1.82, 2.24) is 4.31 Å². The summed E-state index contributed by atoms with van der Waals surface area (Å²) in [4.78, 5) is 0. The van der Waals surface area contributed by atoms with E-state index in [1.165, 1.54) is 25.9 Å². The fourth-order valence-electron chi connectivity index (χ4n) is 1.39. The molecule has 0 radical (unpaired) electrons. The van der Waals surface area contributed by atoms with Gasteiger partial charge in [-0.2, -0.15) is 0 Å². The standard InChI is InChI=1S/C9H19NS/c1-8(2)11-10-6-4-9(3)5-7-10/h8-9H,4-7H2,1-3H3. The molecule has 1 rings (SSSR count). The Labute approximate surface area is 74.7 Å². The van der Waals surface area contributed by atoms with Crippen LogP contribution in [-0.2, 0) is 0 Å². The van der Waals surface area contributed by atoms with Crippen LogP contribution in [0.3, 0.4) is 0 Å². The maximum Gasteiger partial charge on any atom is 0.0138 e. The number of hydrogen-bond donors (Lipinski definition) is 0. The van der Waals surface area contributed by atoms with Crippen molar-refractivity contribution in [3.63, 3.8) is 0 Å². The molecule has 1 heterocycles. The summed E-state index contributed by atoms with van der Waals surface area (Å²) in [5.41, 5.74) is 0. The molecule has 0 amide bonds. The van der Waals surface area contributed by atoms with Crippen LogP contribution in [0.25, 0.3) is 0 Å². The van der Waals surface area contributed by atoms with Gasteiger partial charge in [0.15, 0.2) is 0 Å². The molecule has 0 unspecified atom stereocenters. The smallest absolute Gasteiger partial charge is 0.0138 e. The summed E-state index contributed by atoms with van der Waals surface area (Å²) in [6.07, 6.45) is 2.78. The summed E-state index contributed by atoms with van der Waals surface area (Å²) in [6.45, 7) is 9.48. The molecule has 0 saturated carbocycles. The molecule has 0 bridgehead atoms. The van der Waals surface area contributed by atoms with E-state index in [1.807, 2.05) is 11.9 Å². The van der Waals surface area contributed by atoms with Gasteiger partial charge in [0.2, 0.25) is 0 Å². The molecule has 1 nitrogen and oxygen atoms in total. The van der Waals surface area contributed by atoms with E-state index in [2.05, 4.69) is 25.1 Å². The zero-order valence-electron chi connectivity index (χ0n) is 7.84. The van der Waals surface area contributed by atoms with Crippen molar-refractivity contribution in [1.29, 1.82) is 0 Å². The van der Waals surface area contributed by atoms with Crippen LogP contribution in [0.5, 0.6) is 0 Å². The molecule has 66 valence electrons. The SMILES string of the molecule is CC1CCN(SC(C)C)CC1. The summed E-state index contributed by atoms with van der Waals surface area (Å²) in [7, 11) is 0. The highest BCUT2D eigenvalue weighted by molar-refractivity contribution is 7.97. The van der Waals surface area contributed by atoms with E-state index in [4.69, 9.17) is 0 Å². The monoisotopic (exact) mass is 173 g/mol. The molecule has 0 aliphatic carbocycles. The molecule has 1 aliphatic heterocycles. The Morgan fingerprint density at radius 2 is 1.82 bits per heavy atom. The second-order valence-electron chi connectivity index (χ2n) is 3.77. The second-order valence-corrected chi connectivity index (χ2v) is 5.44. The van der Waals surface area contributed by atoms with Crippen molar-refractivity contribution < 1.29 is 0 Å². The van der Waals surface area contributed by atoms with E-state index < -0.39 is 0 Å². The molecular weight excluding hydrogens is 154 g/mol. The Morgan fingerprint density at radius 1 is 1.27 bits per heavy atom. The van der Waals surface area contributed by atoms with Crippen LogP contribution >= 0.6 is 11.9 Å². The lowest BCUT2D eigenvalue weighted by atomic mass is 10.0. The summed E-state index contributed by atoms with van der Waals surface area (Å²) in [6, 6.07) is 0. The second kappa shape index (κ2) is 4.36. The fraction of sp³-hybridized carbons (Fsp3) is 1.00. The van der Waals surface area contributed by atoms with E-state index in [1.54, 1.807) is 0 Å². The van der Waals surface area contributed by atoms with Crippen molar-refractivity contribution in [2.24, 2.45) is 5.92 Å². The van der Waals surface area contributed by atoms with Crippen LogP contribution in [0.15, 0.2) is 0 Å². The number of nitrogens with zero attached hydrogens (tertiary/aromatic N) is 1. The highest BCUT2D eigenvalue weighted by Gasteiger charge is 2.16. The van der Waals surface area contributed by atoms with E-state index >= 15 is 0 Å². The van der Waals surface area contributed by atoms with Crippen molar-refractivity contribution in [2.45, 2.75) is 38.9 Å². The van der Waals surface area contributed by atoms with Gasteiger partial charge in [0, 0.05) is 18.3 Å². The number of hydrogen-bond acceptors (Lipinski definition) is 2. The zero-order valence-corrected chi connectivity index (χ0v) is 8.66. The predicted molar refractivity (Wildman–Crippen MR) is 52.7 cm³/mol. The van der Waals surface area contributed by atoms with Crippen LogP contribution in [0, 0.1) is 5.92 Å². The lowest BCUT2D eigenvalue weighted by Gasteiger charge is -2.30. The molecule has 0 aromatic rings. The Kier molecular flexibility index (Phi) is 3.73. The fourth-order valence-corrected chi connectivity index (χ4v) is 2.41. The molecule has 1 fully saturated rings. The first kappa shape index (κ1) is 9.40. The van der Waals surface area contributed by atoms with Crippen LogP contribution in [0.4, 0.5) is 0 Å². The molecule has 0 aromatic carbocycles. The topological polar surface area (TPSA) is 3.24 Å². The molecule has 0 spiro atoms. The highest BCUT2D eigenvalue weighted by atomic mass is 32.2. The van der Waals surface area contributed by atoms with E-state index in [9.17, 15) is 0 Å². The molecule has 1 aliphatic rings. The maximum atomic E-state index is 2.52.